The van der Waals surface area contributed by atoms with Crippen molar-refractivity contribution in [2.45, 2.75) is 16.4 Å². The number of rotatable bonds is 5. The summed E-state index contributed by atoms with van der Waals surface area (Å²) in [5, 5.41) is 3.43. The fraction of sp³-hybridized carbons (Fsp3) is 0.167. The summed E-state index contributed by atoms with van der Waals surface area (Å²) in [7, 11) is 0. The van der Waals surface area contributed by atoms with Crippen molar-refractivity contribution in [3.8, 4) is 0 Å². The summed E-state index contributed by atoms with van der Waals surface area (Å²) in [6, 6.07) is 7.47. The number of carbonyl (C=O) groups is 2. The first-order valence-corrected chi connectivity index (χ1v) is 11.9. The van der Waals surface area contributed by atoms with Crippen LogP contribution in [0.2, 0.25) is 10.0 Å². The third-order valence-corrected chi connectivity index (χ3v) is 7.36. The van der Waals surface area contributed by atoms with Gasteiger partial charge in [0.25, 0.3) is 5.91 Å². The zero-order valence-electron chi connectivity index (χ0n) is 18.4. The molecule has 38 heavy (non-hydrogen) atoms. The standard InChI is InChI=1S/C24H12Cl4F6N2O2/c25-14-3-2-11(8-12(14)21(37)36-17-4-1-10(29)7-15(17)30)35-22(38)19-18(23(19,27)28)9-5-13(24(32,33)34)20(26)16(31)6-9/h1-8,18-19H,(H,35,38)(H,36,37)/t18-,19+/m0/s1. The van der Waals surface area contributed by atoms with Crippen molar-refractivity contribution in [2.75, 3.05) is 10.6 Å². The highest BCUT2D eigenvalue weighted by atomic mass is 35.5. The molecule has 2 amide bonds. The first-order chi connectivity index (χ1) is 17.6. The summed E-state index contributed by atoms with van der Waals surface area (Å²) >= 11 is 23.8. The van der Waals surface area contributed by atoms with Gasteiger partial charge < -0.3 is 10.6 Å². The molecule has 3 aromatic carbocycles. The van der Waals surface area contributed by atoms with E-state index in [4.69, 9.17) is 46.4 Å². The molecule has 2 atom stereocenters. The van der Waals surface area contributed by atoms with E-state index in [1.807, 2.05) is 0 Å². The molecule has 0 radical (unpaired) electrons. The number of carbonyl (C=O) groups excluding carboxylic acids is 2. The Hall–Kier alpha value is -2.66. The molecule has 0 spiro atoms. The van der Waals surface area contributed by atoms with Crippen LogP contribution >= 0.6 is 46.4 Å². The number of amides is 2. The predicted molar refractivity (Wildman–Crippen MR) is 131 cm³/mol. The van der Waals surface area contributed by atoms with Crippen LogP contribution in [0.4, 0.5) is 37.7 Å². The second kappa shape index (κ2) is 10.1. The van der Waals surface area contributed by atoms with Crippen molar-refractivity contribution in [1.29, 1.82) is 0 Å². The van der Waals surface area contributed by atoms with E-state index in [0.29, 0.717) is 18.2 Å². The third-order valence-electron chi connectivity index (χ3n) is 5.71. The Morgan fingerprint density at radius 3 is 2.18 bits per heavy atom. The van der Waals surface area contributed by atoms with Crippen molar-refractivity contribution in [3.05, 3.63) is 92.7 Å². The van der Waals surface area contributed by atoms with Gasteiger partial charge in [-0.3, -0.25) is 9.59 Å². The van der Waals surface area contributed by atoms with Gasteiger partial charge in [0.15, 0.2) is 0 Å². The molecule has 0 bridgehead atoms. The number of hydrogen-bond acceptors (Lipinski definition) is 2. The first-order valence-electron chi connectivity index (χ1n) is 10.4. The number of hydrogen-bond donors (Lipinski definition) is 2. The third kappa shape index (κ3) is 5.54. The van der Waals surface area contributed by atoms with E-state index in [2.05, 4.69) is 10.6 Å². The van der Waals surface area contributed by atoms with E-state index in [-0.39, 0.29) is 27.5 Å². The molecule has 4 nitrogen and oxygen atoms in total. The lowest BCUT2D eigenvalue weighted by atomic mass is 10.0. The second-order valence-corrected chi connectivity index (χ2v) is 10.5. The predicted octanol–water partition coefficient (Wildman–Crippen LogP) is 8.21. The van der Waals surface area contributed by atoms with Crippen LogP contribution in [0.1, 0.15) is 27.4 Å². The lowest BCUT2D eigenvalue weighted by molar-refractivity contribution is -0.137. The van der Waals surface area contributed by atoms with Gasteiger partial charge in [0.1, 0.15) is 21.8 Å². The molecule has 0 saturated heterocycles. The maximum atomic E-state index is 14.1. The lowest BCUT2D eigenvalue weighted by Gasteiger charge is -2.12. The van der Waals surface area contributed by atoms with Crippen LogP contribution in [0.3, 0.4) is 0 Å². The number of alkyl halides is 5. The molecule has 2 N–H and O–H groups in total. The summed E-state index contributed by atoms with van der Waals surface area (Å²) in [5.74, 6) is -7.50. The zero-order valence-corrected chi connectivity index (χ0v) is 21.4. The Morgan fingerprint density at radius 1 is 0.868 bits per heavy atom. The Kier molecular flexibility index (Phi) is 7.57. The van der Waals surface area contributed by atoms with E-state index in [1.54, 1.807) is 0 Å². The molecule has 0 heterocycles. The monoisotopic (exact) mass is 614 g/mol. The topological polar surface area (TPSA) is 58.2 Å². The summed E-state index contributed by atoms with van der Waals surface area (Å²) < 4.78 is 79.1. The molecule has 4 rings (SSSR count). The maximum absolute atomic E-state index is 14.1. The quantitative estimate of drug-likeness (QED) is 0.224. The zero-order chi connectivity index (χ0) is 28.2. The molecule has 14 heteroatoms. The van der Waals surface area contributed by atoms with E-state index in [9.17, 15) is 35.9 Å². The fourth-order valence-corrected chi connectivity index (χ4v) is 5.09. The molecule has 1 aliphatic rings. The van der Waals surface area contributed by atoms with Crippen molar-refractivity contribution < 1.29 is 35.9 Å². The average Bonchev–Trinajstić information content (AvgIpc) is 3.39. The number of anilines is 2. The van der Waals surface area contributed by atoms with Crippen molar-refractivity contribution in [2.24, 2.45) is 5.92 Å². The van der Waals surface area contributed by atoms with Crippen LogP contribution < -0.4 is 10.6 Å². The number of benzene rings is 3. The van der Waals surface area contributed by atoms with Crippen molar-refractivity contribution >= 4 is 69.6 Å². The fourth-order valence-electron chi connectivity index (χ4n) is 3.84. The normalized spacial score (nSPS) is 18.2. The summed E-state index contributed by atoms with van der Waals surface area (Å²) in [5.41, 5.74) is -2.25. The van der Waals surface area contributed by atoms with E-state index in [0.717, 1.165) is 18.2 Å². The summed E-state index contributed by atoms with van der Waals surface area (Å²) in [6.45, 7) is 0. The van der Waals surface area contributed by atoms with Crippen LogP contribution in [0.5, 0.6) is 0 Å². The molecular weight excluding hydrogens is 604 g/mol. The molecule has 1 aliphatic carbocycles. The average molecular weight is 616 g/mol. The van der Waals surface area contributed by atoms with Gasteiger partial charge in [-0.2, -0.15) is 13.2 Å². The smallest absolute Gasteiger partial charge is 0.326 e. The number of halogens is 10. The summed E-state index contributed by atoms with van der Waals surface area (Å²) in [4.78, 5) is 25.5. The molecule has 0 aromatic heterocycles. The van der Waals surface area contributed by atoms with Gasteiger partial charge in [-0.05, 0) is 48.0 Å². The van der Waals surface area contributed by atoms with E-state index < -0.39 is 62.2 Å². The van der Waals surface area contributed by atoms with Crippen LogP contribution in [0.25, 0.3) is 0 Å². The molecule has 1 saturated carbocycles. The van der Waals surface area contributed by atoms with Gasteiger partial charge in [0.05, 0.1) is 32.8 Å². The van der Waals surface area contributed by atoms with Gasteiger partial charge in [-0.1, -0.05) is 23.2 Å². The second-order valence-electron chi connectivity index (χ2n) is 8.25. The lowest BCUT2D eigenvalue weighted by Crippen LogP contribution is -2.18. The molecule has 0 unspecified atom stereocenters. The molecule has 200 valence electrons. The van der Waals surface area contributed by atoms with Gasteiger partial charge in [0.2, 0.25) is 5.91 Å². The van der Waals surface area contributed by atoms with Crippen LogP contribution in [0.15, 0.2) is 48.5 Å². The van der Waals surface area contributed by atoms with E-state index in [1.165, 1.54) is 12.1 Å². The highest BCUT2D eigenvalue weighted by Gasteiger charge is 2.68. The van der Waals surface area contributed by atoms with Crippen LogP contribution in [-0.4, -0.2) is 16.1 Å². The first kappa shape index (κ1) is 28.4. The van der Waals surface area contributed by atoms with Crippen molar-refractivity contribution in [1.82, 2.24) is 0 Å². The Balaban J connectivity index is 1.55. The summed E-state index contributed by atoms with van der Waals surface area (Å²) in [6.07, 6.45) is -4.97. The highest BCUT2D eigenvalue weighted by molar-refractivity contribution is 6.53. The van der Waals surface area contributed by atoms with Crippen LogP contribution in [0, 0.1) is 23.4 Å². The minimum atomic E-state index is -4.97. The molecule has 1 fully saturated rings. The Labute approximate surface area is 230 Å². The molecular formula is C24H12Cl4F6N2O2. The Bertz CT molecular complexity index is 1460. The minimum Gasteiger partial charge on any atom is -0.326 e. The van der Waals surface area contributed by atoms with Gasteiger partial charge in [-0.25, -0.2) is 13.2 Å². The van der Waals surface area contributed by atoms with Crippen LogP contribution in [-0.2, 0) is 11.0 Å². The highest BCUT2D eigenvalue weighted by Crippen LogP contribution is 2.65. The molecule has 0 aliphatic heterocycles. The SMILES string of the molecule is O=C(Nc1ccc(F)cc1F)c1cc(NC(=O)[C@H]2[C@H](c3cc(F)c(Cl)c(C(F)(F)F)c3)C2(Cl)Cl)ccc1Cl. The maximum Gasteiger partial charge on any atom is 0.417 e. The minimum absolute atomic E-state index is 0.0113. The van der Waals surface area contributed by atoms with Crippen molar-refractivity contribution in [3.63, 3.8) is 0 Å². The Morgan fingerprint density at radius 2 is 1.55 bits per heavy atom. The molecule has 3 aromatic rings. The van der Waals surface area contributed by atoms with Gasteiger partial charge >= 0.3 is 6.18 Å². The largest absolute Gasteiger partial charge is 0.417 e. The van der Waals surface area contributed by atoms with Gasteiger partial charge in [0, 0.05) is 17.7 Å². The van der Waals surface area contributed by atoms with E-state index >= 15 is 0 Å². The number of nitrogens with one attached hydrogen (secondary N) is 2. The van der Waals surface area contributed by atoms with Gasteiger partial charge in [-0.15, -0.1) is 23.2 Å².